The third-order valence-corrected chi connectivity index (χ3v) is 8.38. The first kappa shape index (κ1) is 17.2. The predicted molar refractivity (Wildman–Crippen MR) is 97.4 cm³/mol. The molecule has 4 nitrogen and oxygen atoms in total. The number of carbonyl (C=O) groups excluding carboxylic acids is 1. The molecule has 5 aliphatic rings. The number of hydrogen-bond donors (Lipinski definition) is 1. The molecule has 0 aromatic heterocycles. The largest absolute Gasteiger partial charge is 0.381 e. The molecule has 142 valence electrons. The van der Waals surface area contributed by atoms with Crippen LogP contribution in [0.15, 0.2) is 22.8 Å². The van der Waals surface area contributed by atoms with Crippen LogP contribution in [0.25, 0.3) is 0 Å². The molecule has 1 heterocycles. The number of ether oxygens (including phenoxy) is 2. The summed E-state index contributed by atoms with van der Waals surface area (Å²) in [7, 11) is 0. The zero-order valence-electron chi connectivity index (χ0n) is 16.0. The van der Waals surface area contributed by atoms with Gasteiger partial charge < -0.3 is 14.6 Å². The molecule has 0 amide bonds. The molecule has 0 aromatic carbocycles. The zero-order chi connectivity index (χ0) is 18.2. The first-order chi connectivity index (χ1) is 12.4. The molecule has 4 unspecified atom stereocenters. The van der Waals surface area contributed by atoms with Crippen molar-refractivity contribution in [2.24, 2.45) is 17.3 Å². The topological polar surface area (TPSA) is 55.8 Å². The normalized spacial score (nSPS) is 43.7. The summed E-state index contributed by atoms with van der Waals surface area (Å²) in [6.07, 6.45) is 9.92. The van der Waals surface area contributed by atoms with Crippen LogP contribution in [-0.4, -0.2) is 35.5 Å². The second-order valence-electron chi connectivity index (χ2n) is 9.35. The fraction of sp³-hybridized carbons (Fsp3) is 0.773. The van der Waals surface area contributed by atoms with Crippen molar-refractivity contribution in [1.82, 2.24) is 0 Å². The Morgan fingerprint density at radius 3 is 2.69 bits per heavy atom. The average molecular weight is 358 g/mol. The van der Waals surface area contributed by atoms with Gasteiger partial charge in [-0.1, -0.05) is 18.6 Å². The number of rotatable bonds is 1. The van der Waals surface area contributed by atoms with Crippen molar-refractivity contribution < 1.29 is 19.4 Å². The van der Waals surface area contributed by atoms with Crippen molar-refractivity contribution in [1.29, 1.82) is 0 Å². The summed E-state index contributed by atoms with van der Waals surface area (Å²) in [4.78, 5) is 12.3. The van der Waals surface area contributed by atoms with Gasteiger partial charge in [0, 0.05) is 18.3 Å². The van der Waals surface area contributed by atoms with Gasteiger partial charge in [-0.15, -0.1) is 0 Å². The molecular weight excluding hydrogens is 328 g/mol. The smallest absolute Gasteiger partial charge is 0.172 e. The SMILES string of the molecule is CC(=O)C1(O)CCC2C3CCC4=C(CCC5(C4)OCCO5)C3=CCC21C. The van der Waals surface area contributed by atoms with E-state index in [0.29, 0.717) is 18.3 Å². The number of aliphatic hydroxyl groups is 1. The monoisotopic (exact) mass is 358 g/mol. The number of fused-ring (bicyclic) bond motifs is 4. The standard InChI is InChI=1S/C22H30O4/c1-14(23)22(24)10-7-19-18-4-3-15-13-21(25-11-12-26-21)9-6-16(15)17(18)5-8-20(19,22)2/h5,18-19,24H,3-4,6-13H2,1-2H3. The number of carbonyl (C=O) groups is 1. The van der Waals surface area contributed by atoms with Crippen LogP contribution < -0.4 is 0 Å². The van der Waals surface area contributed by atoms with Gasteiger partial charge in [0.2, 0.25) is 0 Å². The van der Waals surface area contributed by atoms with Gasteiger partial charge in [-0.05, 0) is 68.4 Å². The van der Waals surface area contributed by atoms with E-state index in [9.17, 15) is 9.90 Å². The first-order valence-corrected chi connectivity index (χ1v) is 10.3. The predicted octanol–water partition coefficient (Wildman–Crippen LogP) is 3.69. The molecule has 1 aliphatic heterocycles. The number of allylic oxidation sites excluding steroid dienone is 3. The minimum atomic E-state index is -1.14. The Bertz CT molecular complexity index is 714. The van der Waals surface area contributed by atoms with Crippen molar-refractivity contribution in [2.75, 3.05) is 13.2 Å². The maximum atomic E-state index is 12.3. The van der Waals surface area contributed by atoms with Crippen LogP contribution in [0.2, 0.25) is 0 Å². The van der Waals surface area contributed by atoms with E-state index in [2.05, 4.69) is 13.0 Å². The molecule has 2 fully saturated rings. The van der Waals surface area contributed by atoms with Crippen molar-refractivity contribution in [3.8, 4) is 0 Å². The minimum absolute atomic E-state index is 0.0507. The molecule has 26 heavy (non-hydrogen) atoms. The Morgan fingerprint density at radius 1 is 1.19 bits per heavy atom. The highest BCUT2D eigenvalue weighted by molar-refractivity contribution is 5.86. The van der Waals surface area contributed by atoms with Gasteiger partial charge in [0.25, 0.3) is 0 Å². The van der Waals surface area contributed by atoms with Crippen LogP contribution in [0, 0.1) is 17.3 Å². The second-order valence-corrected chi connectivity index (χ2v) is 9.35. The summed E-state index contributed by atoms with van der Waals surface area (Å²) < 4.78 is 11.9. The van der Waals surface area contributed by atoms with Crippen LogP contribution in [0.3, 0.4) is 0 Å². The molecule has 5 rings (SSSR count). The molecule has 1 saturated heterocycles. The Kier molecular flexibility index (Phi) is 3.64. The van der Waals surface area contributed by atoms with Crippen molar-refractivity contribution in [2.45, 2.75) is 76.6 Å². The third-order valence-electron chi connectivity index (χ3n) is 8.38. The number of hydrogen-bond acceptors (Lipinski definition) is 4. The average Bonchev–Trinajstić information content (AvgIpc) is 3.18. The quantitative estimate of drug-likeness (QED) is 0.777. The Hall–Kier alpha value is -0.970. The number of ketones is 1. The van der Waals surface area contributed by atoms with Gasteiger partial charge in [0.05, 0.1) is 13.2 Å². The molecular formula is C22H30O4. The van der Waals surface area contributed by atoms with E-state index >= 15 is 0 Å². The highest BCUT2D eigenvalue weighted by Crippen LogP contribution is 2.63. The van der Waals surface area contributed by atoms with Gasteiger partial charge in [0.15, 0.2) is 11.6 Å². The minimum Gasteiger partial charge on any atom is -0.381 e. The van der Waals surface area contributed by atoms with Crippen LogP contribution in [0.1, 0.15) is 65.2 Å². The summed E-state index contributed by atoms with van der Waals surface area (Å²) in [5.41, 5.74) is 3.15. The summed E-state index contributed by atoms with van der Waals surface area (Å²) >= 11 is 0. The maximum absolute atomic E-state index is 12.3. The van der Waals surface area contributed by atoms with Crippen molar-refractivity contribution >= 4 is 5.78 Å². The van der Waals surface area contributed by atoms with E-state index in [1.165, 1.54) is 11.1 Å². The molecule has 1 N–H and O–H groups in total. The van der Waals surface area contributed by atoms with Gasteiger partial charge in [-0.3, -0.25) is 4.79 Å². The zero-order valence-corrected chi connectivity index (χ0v) is 16.0. The Labute approximate surface area is 155 Å². The van der Waals surface area contributed by atoms with E-state index in [-0.39, 0.29) is 17.0 Å². The maximum Gasteiger partial charge on any atom is 0.172 e. The Morgan fingerprint density at radius 2 is 1.96 bits per heavy atom. The van der Waals surface area contributed by atoms with Gasteiger partial charge in [0.1, 0.15) is 5.60 Å². The number of Topliss-reactive ketones (excluding diaryl/α,β-unsaturated/α-hetero) is 1. The third kappa shape index (κ3) is 2.10. The van der Waals surface area contributed by atoms with Crippen LogP contribution in [0.4, 0.5) is 0 Å². The fourth-order valence-corrected chi connectivity index (χ4v) is 6.89. The van der Waals surface area contributed by atoms with E-state index in [1.807, 2.05) is 0 Å². The van der Waals surface area contributed by atoms with Crippen molar-refractivity contribution in [3.05, 3.63) is 22.8 Å². The van der Waals surface area contributed by atoms with E-state index < -0.39 is 5.60 Å². The molecule has 4 atom stereocenters. The molecule has 0 radical (unpaired) electrons. The van der Waals surface area contributed by atoms with Gasteiger partial charge in [-0.25, -0.2) is 0 Å². The lowest BCUT2D eigenvalue weighted by Gasteiger charge is -2.50. The van der Waals surface area contributed by atoms with E-state index in [4.69, 9.17) is 9.47 Å². The molecule has 0 bridgehead atoms. The lowest BCUT2D eigenvalue weighted by molar-refractivity contribution is -0.164. The molecule has 0 aromatic rings. The van der Waals surface area contributed by atoms with Gasteiger partial charge >= 0.3 is 0 Å². The summed E-state index contributed by atoms with van der Waals surface area (Å²) in [6.45, 7) is 5.16. The molecule has 1 spiro atoms. The van der Waals surface area contributed by atoms with Crippen LogP contribution in [0.5, 0.6) is 0 Å². The van der Waals surface area contributed by atoms with E-state index in [0.717, 1.165) is 58.2 Å². The molecule has 4 aliphatic carbocycles. The van der Waals surface area contributed by atoms with Crippen LogP contribution >= 0.6 is 0 Å². The highest BCUT2D eigenvalue weighted by atomic mass is 16.7. The highest BCUT2D eigenvalue weighted by Gasteiger charge is 2.62. The molecule has 1 saturated carbocycles. The summed E-state index contributed by atoms with van der Waals surface area (Å²) in [6, 6.07) is 0. The lowest BCUT2D eigenvalue weighted by Crippen LogP contribution is -2.53. The van der Waals surface area contributed by atoms with Crippen LogP contribution in [-0.2, 0) is 14.3 Å². The second kappa shape index (κ2) is 5.52. The fourth-order valence-electron chi connectivity index (χ4n) is 6.89. The lowest BCUT2D eigenvalue weighted by atomic mass is 9.55. The Balaban J connectivity index is 1.49. The van der Waals surface area contributed by atoms with Gasteiger partial charge in [-0.2, -0.15) is 0 Å². The van der Waals surface area contributed by atoms with E-state index in [1.54, 1.807) is 12.5 Å². The van der Waals surface area contributed by atoms with Crippen molar-refractivity contribution in [3.63, 3.8) is 0 Å². The first-order valence-electron chi connectivity index (χ1n) is 10.3. The summed E-state index contributed by atoms with van der Waals surface area (Å²) in [5, 5.41) is 11.2. The molecule has 4 heteroatoms. The summed E-state index contributed by atoms with van der Waals surface area (Å²) in [5.74, 6) is 0.517.